The summed E-state index contributed by atoms with van der Waals surface area (Å²) in [5, 5.41) is 17.7. The fourth-order valence-corrected chi connectivity index (χ4v) is 3.02. The average molecular weight is 338 g/mol. The Labute approximate surface area is 126 Å². The molecule has 1 aromatic carbocycles. The Balaban J connectivity index is 2.07. The SMILES string of the molecule is N#Cc1ccc(N2CCCN(CC(=O)O)CC2)c(Br)c1. The van der Waals surface area contributed by atoms with Crippen LogP contribution in [0.15, 0.2) is 22.7 Å². The number of carboxylic acids is 1. The second kappa shape index (κ2) is 6.73. The van der Waals surface area contributed by atoms with Crippen LogP contribution in [0, 0.1) is 11.3 Å². The zero-order valence-corrected chi connectivity index (χ0v) is 12.6. The third-order valence-electron chi connectivity index (χ3n) is 3.36. The molecule has 0 atom stereocenters. The molecule has 0 unspecified atom stereocenters. The number of carbonyl (C=O) groups is 1. The van der Waals surface area contributed by atoms with Crippen molar-refractivity contribution in [3.05, 3.63) is 28.2 Å². The van der Waals surface area contributed by atoms with Crippen molar-refractivity contribution in [2.24, 2.45) is 0 Å². The maximum absolute atomic E-state index is 10.8. The average Bonchev–Trinajstić information content (AvgIpc) is 2.63. The summed E-state index contributed by atoms with van der Waals surface area (Å²) in [6, 6.07) is 7.68. The molecule has 1 saturated heterocycles. The number of carboxylic acid groups (broad SMARTS) is 1. The van der Waals surface area contributed by atoms with Gasteiger partial charge in [0.05, 0.1) is 23.9 Å². The summed E-state index contributed by atoms with van der Waals surface area (Å²) in [6.07, 6.45) is 0.930. The fraction of sp³-hybridized carbons (Fsp3) is 0.429. The first-order valence-electron chi connectivity index (χ1n) is 6.49. The van der Waals surface area contributed by atoms with Gasteiger partial charge in [0, 0.05) is 30.7 Å². The second-order valence-electron chi connectivity index (χ2n) is 4.79. The van der Waals surface area contributed by atoms with Crippen molar-refractivity contribution in [2.75, 3.05) is 37.6 Å². The Morgan fingerprint density at radius 1 is 1.35 bits per heavy atom. The minimum atomic E-state index is -0.780. The standard InChI is InChI=1S/C14H16BrN3O2/c15-12-8-11(9-16)2-3-13(12)18-5-1-4-17(6-7-18)10-14(19)20/h2-3,8H,1,4-7,10H2,(H,19,20). The number of benzene rings is 1. The van der Waals surface area contributed by atoms with Crippen LogP contribution in [-0.4, -0.2) is 48.7 Å². The molecule has 0 radical (unpaired) electrons. The lowest BCUT2D eigenvalue weighted by atomic mass is 10.2. The molecule has 0 aromatic heterocycles. The van der Waals surface area contributed by atoms with E-state index < -0.39 is 5.97 Å². The number of rotatable bonds is 3. The van der Waals surface area contributed by atoms with E-state index in [-0.39, 0.29) is 6.54 Å². The largest absolute Gasteiger partial charge is 0.480 e. The quantitative estimate of drug-likeness (QED) is 0.912. The molecular weight excluding hydrogens is 322 g/mol. The summed E-state index contributed by atoms with van der Waals surface area (Å²) in [4.78, 5) is 15.0. The molecule has 1 heterocycles. The van der Waals surface area contributed by atoms with E-state index in [9.17, 15) is 4.79 Å². The number of halogens is 1. The molecule has 5 nitrogen and oxygen atoms in total. The molecule has 1 aliphatic heterocycles. The lowest BCUT2D eigenvalue weighted by molar-refractivity contribution is -0.138. The molecule has 2 rings (SSSR count). The molecule has 0 saturated carbocycles. The van der Waals surface area contributed by atoms with Gasteiger partial charge in [-0.05, 0) is 40.5 Å². The number of anilines is 1. The predicted octanol–water partition coefficient (Wildman–Crippen LogP) is 1.92. The summed E-state index contributed by atoms with van der Waals surface area (Å²) in [5.41, 5.74) is 1.68. The molecule has 1 aromatic rings. The highest BCUT2D eigenvalue weighted by Crippen LogP contribution is 2.28. The molecular formula is C14H16BrN3O2. The first kappa shape index (κ1) is 14.8. The highest BCUT2D eigenvalue weighted by molar-refractivity contribution is 9.10. The van der Waals surface area contributed by atoms with E-state index in [2.05, 4.69) is 26.9 Å². The van der Waals surface area contributed by atoms with Crippen molar-refractivity contribution in [1.29, 1.82) is 5.26 Å². The highest BCUT2D eigenvalue weighted by Gasteiger charge is 2.18. The molecule has 1 aliphatic rings. The van der Waals surface area contributed by atoms with Crippen LogP contribution < -0.4 is 4.90 Å². The summed E-state index contributed by atoms with van der Waals surface area (Å²) < 4.78 is 0.906. The Hall–Kier alpha value is -1.58. The van der Waals surface area contributed by atoms with Gasteiger partial charge in [-0.2, -0.15) is 5.26 Å². The van der Waals surface area contributed by atoms with Crippen molar-refractivity contribution >= 4 is 27.6 Å². The van der Waals surface area contributed by atoms with Gasteiger partial charge in [-0.25, -0.2) is 0 Å². The van der Waals surface area contributed by atoms with Crippen LogP contribution in [-0.2, 0) is 4.79 Å². The van der Waals surface area contributed by atoms with Gasteiger partial charge in [-0.15, -0.1) is 0 Å². The Bertz CT molecular complexity index is 542. The maximum Gasteiger partial charge on any atom is 0.317 e. The third-order valence-corrected chi connectivity index (χ3v) is 4.00. The van der Waals surface area contributed by atoms with Crippen molar-refractivity contribution in [3.8, 4) is 6.07 Å². The van der Waals surface area contributed by atoms with E-state index in [0.29, 0.717) is 5.56 Å². The van der Waals surface area contributed by atoms with Crippen molar-refractivity contribution in [1.82, 2.24) is 4.90 Å². The molecule has 0 amide bonds. The minimum absolute atomic E-state index is 0.0996. The number of hydrogen-bond acceptors (Lipinski definition) is 4. The van der Waals surface area contributed by atoms with Gasteiger partial charge >= 0.3 is 5.97 Å². The summed E-state index contributed by atoms with van der Waals surface area (Å²) in [6.45, 7) is 3.32. The molecule has 1 fully saturated rings. The van der Waals surface area contributed by atoms with Crippen LogP contribution in [0.2, 0.25) is 0 Å². The van der Waals surface area contributed by atoms with Gasteiger partial charge < -0.3 is 10.0 Å². The maximum atomic E-state index is 10.8. The smallest absolute Gasteiger partial charge is 0.317 e. The van der Waals surface area contributed by atoms with Crippen LogP contribution in [0.1, 0.15) is 12.0 Å². The lowest BCUT2D eigenvalue weighted by Gasteiger charge is -2.24. The number of aliphatic carboxylic acids is 1. The third kappa shape index (κ3) is 3.71. The van der Waals surface area contributed by atoms with Gasteiger partial charge in [-0.1, -0.05) is 0 Å². The van der Waals surface area contributed by atoms with Gasteiger partial charge in [-0.3, -0.25) is 9.69 Å². The Morgan fingerprint density at radius 2 is 2.15 bits per heavy atom. The van der Waals surface area contributed by atoms with Crippen LogP contribution in [0.25, 0.3) is 0 Å². The van der Waals surface area contributed by atoms with Crippen molar-refractivity contribution < 1.29 is 9.90 Å². The highest BCUT2D eigenvalue weighted by atomic mass is 79.9. The van der Waals surface area contributed by atoms with E-state index in [1.165, 1.54) is 0 Å². The van der Waals surface area contributed by atoms with Gasteiger partial charge in [0.2, 0.25) is 0 Å². The zero-order valence-electron chi connectivity index (χ0n) is 11.0. The molecule has 1 N–H and O–H groups in total. The van der Waals surface area contributed by atoms with Crippen molar-refractivity contribution in [2.45, 2.75) is 6.42 Å². The number of hydrogen-bond donors (Lipinski definition) is 1. The van der Waals surface area contributed by atoms with Crippen molar-refractivity contribution in [3.63, 3.8) is 0 Å². The molecule has 0 aliphatic carbocycles. The van der Waals surface area contributed by atoms with Crippen LogP contribution in [0.5, 0.6) is 0 Å². The lowest BCUT2D eigenvalue weighted by Crippen LogP contribution is -2.34. The Kier molecular flexibility index (Phi) is 4.99. The van der Waals surface area contributed by atoms with Gasteiger partial charge in [0.25, 0.3) is 0 Å². The van der Waals surface area contributed by atoms with E-state index in [1.54, 1.807) is 6.07 Å². The summed E-state index contributed by atoms with van der Waals surface area (Å²) in [7, 11) is 0. The summed E-state index contributed by atoms with van der Waals surface area (Å²) >= 11 is 3.50. The topological polar surface area (TPSA) is 67.6 Å². The van der Waals surface area contributed by atoms with Crippen LogP contribution >= 0.6 is 15.9 Å². The van der Waals surface area contributed by atoms with Gasteiger partial charge in [0.15, 0.2) is 0 Å². The van der Waals surface area contributed by atoms with E-state index in [0.717, 1.165) is 42.8 Å². The first-order chi connectivity index (χ1) is 9.60. The van der Waals surface area contributed by atoms with Gasteiger partial charge in [0.1, 0.15) is 0 Å². The predicted molar refractivity (Wildman–Crippen MR) is 79.8 cm³/mol. The summed E-state index contributed by atoms with van der Waals surface area (Å²) in [5.74, 6) is -0.780. The molecule has 6 heteroatoms. The fourth-order valence-electron chi connectivity index (χ4n) is 2.39. The number of nitriles is 1. The van der Waals surface area contributed by atoms with E-state index >= 15 is 0 Å². The van der Waals surface area contributed by atoms with E-state index in [4.69, 9.17) is 10.4 Å². The molecule has 106 valence electrons. The zero-order chi connectivity index (χ0) is 14.5. The van der Waals surface area contributed by atoms with E-state index in [1.807, 2.05) is 17.0 Å². The molecule has 0 spiro atoms. The minimum Gasteiger partial charge on any atom is -0.480 e. The Morgan fingerprint density at radius 3 is 2.80 bits per heavy atom. The van der Waals surface area contributed by atoms with Crippen LogP contribution in [0.4, 0.5) is 5.69 Å². The monoisotopic (exact) mass is 337 g/mol. The molecule has 0 bridgehead atoms. The molecule has 20 heavy (non-hydrogen) atoms. The van der Waals surface area contributed by atoms with Crippen LogP contribution in [0.3, 0.4) is 0 Å². The number of nitrogens with zero attached hydrogens (tertiary/aromatic N) is 3. The normalized spacial score (nSPS) is 16.5. The second-order valence-corrected chi connectivity index (χ2v) is 5.64. The first-order valence-corrected chi connectivity index (χ1v) is 7.28.